The van der Waals surface area contributed by atoms with Crippen LogP contribution in [0.25, 0.3) is 0 Å². The molecule has 0 saturated heterocycles. The highest BCUT2D eigenvalue weighted by atomic mass is 16.5. The minimum Gasteiger partial charge on any atom is -0.371 e. The second kappa shape index (κ2) is 6.41. The lowest BCUT2D eigenvalue weighted by Crippen LogP contribution is -2.23. The van der Waals surface area contributed by atoms with Gasteiger partial charge in [0.1, 0.15) is 11.9 Å². The van der Waals surface area contributed by atoms with E-state index in [1.54, 1.807) is 0 Å². The molecule has 0 saturated carbocycles. The molecule has 1 N–H and O–H groups in total. The third-order valence-corrected chi connectivity index (χ3v) is 4.13. The van der Waals surface area contributed by atoms with Gasteiger partial charge in [0.15, 0.2) is 0 Å². The molecule has 3 rings (SSSR count). The van der Waals surface area contributed by atoms with E-state index in [2.05, 4.69) is 53.0 Å². The standard InChI is InChI=1S/C17H23N3O/c1-3-18-10-15-11-19-13(2)20(15)12-17-16-7-5-4-6-14(16)8-9-21-17/h4-7,11,17-18H,3,8-10,12H2,1-2H3. The van der Waals surface area contributed by atoms with Crippen molar-refractivity contribution in [1.29, 1.82) is 0 Å². The van der Waals surface area contributed by atoms with E-state index in [1.165, 1.54) is 16.8 Å². The van der Waals surface area contributed by atoms with Crippen molar-refractivity contribution in [3.63, 3.8) is 0 Å². The van der Waals surface area contributed by atoms with Crippen LogP contribution in [0, 0.1) is 6.92 Å². The van der Waals surface area contributed by atoms with Crippen LogP contribution in [0.4, 0.5) is 0 Å². The summed E-state index contributed by atoms with van der Waals surface area (Å²) in [6.07, 6.45) is 3.11. The average Bonchev–Trinajstić information content (AvgIpc) is 2.86. The summed E-state index contributed by atoms with van der Waals surface area (Å²) in [4.78, 5) is 4.46. The Labute approximate surface area is 126 Å². The third kappa shape index (κ3) is 3.01. The number of nitrogens with one attached hydrogen (secondary N) is 1. The molecular weight excluding hydrogens is 262 g/mol. The number of hydrogen-bond donors (Lipinski definition) is 1. The maximum atomic E-state index is 6.02. The molecule has 0 fully saturated rings. The van der Waals surface area contributed by atoms with E-state index in [4.69, 9.17) is 4.74 Å². The summed E-state index contributed by atoms with van der Waals surface area (Å²) in [6, 6.07) is 8.61. The van der Waals surface area contributed by atoms with Gasteiger partial charge in [-0.2, -0.15) is 0 Å². The first-order valence-electron chi connectivity index (χ1n) is 7.70. The van der Waals surface area contributed by atoms with Gasteiger partial charge in [0.25, 0.3) is 0 Å². The van der Waals surface area contributed by atoms with Crippen molar-refractivity contribution in [3.05, 3.63) is 53.1 Å². The fourth-order valence-corrected chi connectivity index (χ4v) is 2.95. The Bertz CT molecular complexity index is 606. The van der Waals surface area contributed by atoms with E-state index in [9.17, 15) is 0 Å². The summed E-state index contributed by atoms with van der Waals surface area (Å²) in [5.41, 5.74) is 3.96. The van der Waals surface area contributed by atoms with Crippen molar-refractivity contribution in [2.75, 3.05) is 13.2 Å². The zero-order valence-electron chi connectivity index (χ0n) is 12.8. The molecule has 112 valence electrons. The topological polar surface area (TPSA) is 39.1 Å². The number of rotatable bonds is 5. The Morgan fingerprint density at radius 2 is 2.24 bits per heavy atom. The number of aromatic nitrogens is 2. The van der Waals surface area contributed by atoms with Crippen LogP contribution in [0.5, 0.6) is 0 Å². The van der Waals surface area contributed by atoms with E-state index in [1.807, 2.05) is 6.20 Å². The number of fused-ring (bicyclic) bond motifs is 1. The molecule has 0 spiro atoms. The molecule has 1 aromatic carbocycles. The van der Waals surface area contributed by atoms with E-state index in [-0.39, 0.29) is 6.10 Å². The van der Waals surface area contributed by atoms with Crippen molar-refractivity contribution in [2.24, 2.45) is 0 Å². The normalized spacial score (nSPS) is 17.7. The molecule has 21 heavy (non-hydrogen) atoms. The number of nitrogens with zero attached hydrogens (tertiary/aromatic N) is 2. The average molecular weight is 285 g/mol. The largest absolute Gasteiger partial charge is 0.371 e. The lowest BCUT2D eigenvalue weighted by atomic mass is 9.97. The Hall–Kier alpha value is -1.65. The molecule has 0 bridgehead atoms. The monoisotopic (exact) mass is 285 g/mol. The number of aryl methyl sites for hydroxylation is 1. The van der Waals surface area contributed by atoms with Gasteiger partial charge in [0.05, 0.1) is 18.8 Å². The van der Waals surface area contributed by atoms with Gasteiger partial charge in [-0.25, -0.2) is 4.98 Å². The van der Waals surface area contributed by atoms with Crippen LogP contribution in [-0.4, -0.2) is 22.7 Å². The Balaban J connectivity index is 1.83. The van der Waals surface area contributed by atoms with Crippen molar-refractivity contribution < 1.29 is 4.74 Å². The first-order valence-corrected chi connectivity index (χ1v) is 7.70. The molecule has 0 aliphatic carbocycles. The molecule has 4 heteroatoms. The predicted molar refractivity (Wildman–Crippen MR) is 83.2 cm³/mol. The fourth-order valence-electron chi connectivity index (χ4n) is 2.95. The summed E-state index contributed by atoms with van der Waals surface area (Å²) >= 11 is 0. The molecule has 1 aromatic heterocycles. The van der Waals surface area contributed by atoms with E-state index < -0.39 is 0 Å². The van der Waals surface area contributed by atoms with E-state index in [0.717, 1.165) is 38.5 Å². The fraction of sp³-hybridized carbons (Fsp3) is 0.471. The Kier molecular flexibility index (Phi) is 4.36. The van der Waals surface area contributed by atoms with Gasteiger partial charge in [-0.3, -0.25) is 0 Å². The predicted octanol–water partition coefficient (Wildman–Crippen LogP) is 2.62. The van der Waals surface area contributed by atoms with Crippen molar-refractivity contribution in [2.45, 2.75) is 39.5 Å². The molecule has 0 radical (unpaired) electrons. The molecule has 4 nitrogen and oxygen atoms in total. The first kappa shape index (κ1) is 14.3. The molecular formula is C17H23N3O. The molecule has 1 atom stereocenters. The van der Waals surface area contributed by atoms with Crippen molar-refractivity contribution >= 4 is 0 Å². The second-order valence-electron chi connectivity index (χ2n) is 5.50. The molecule has 1 unspecified atom stereocenters. The second-order valence-corrected chi connectivity index (χ2v) is 5.50. The lowest BCUT2D eigenvalue weighted by molar-refractivity contribution is 0.0297. The zero-order valence-corrected chi connectivity index (χ0v) is 12.8. The minimum atomic E-state index is 0.128. The van der Waals surface area contributed by atoms with Gasteiger partial charge in [-0.15, -0.1) is 0 Å². The Morgan fingerprint density at radius 3 is 3.10 bits per heavy atom. The summed E-state index contributed by atoms with van der Waals surface area (Å²) in [6.45, 7) is 7.64. The van der Waals surface area contributed by atoms with Gasteiger partial charge < -0.3 is 14.6 Å². The summed E-state index contributed by atoms with van der Waals surface area (Å²) in [5.74, 6) is 1.05. The zero-order chi connectivity index (χ0) is 14.7. The number of ether oxygens (including phenoxy) is 1. The molecule has 2 heterocycles. The lowest BCUT2D eigenvalue weighted by Gasteiger charge is -2.27. The van der Waals surface area contributed by atoms with Crippen LogP contribution in [0.15, 0.2) is 30.5 Å². The van der Waals surface area contributed by atoms with Gasteiger partial charge in [0, 0.05) is 12.7 Å². The van der Waals surface area contributed by atoms with E-state index in [0.29, 0.717) is 0 Å². The van der Waals surface area contributed by atoms with Gasteiger partial charge in [0.2, 0.25) is 0 Å². The third-order valence-electron chi connectivity index (χ3n) is 4.13. The minimum absolute atomic E-state index is 0.128. The SMILES string of the molecule is CCNCc1cnc(C)n1CC1OCCc2ccccc21. The highest BCUT2D eigenvalue weighted by molar-refractivity contribution is 5.31. The van der Waals surface area contributed by atoms with Gasteiger partial charge >= 0.3 is 0 Å². The number of benzene rings is 1. The molecule has 0 amide bonds. The molecule has 2 aromatic rings. The summed E-state index contributed by atoms with van der Waals surface area (Å²) in [7, 11) is 0. The van der Waals surface area contributed by atoms with Gasteiger partial charge in [-0.1, -0.05) is 31.2 Å². The van der Waals surface area contributed by atoms with E-state index >= 15 is 0 Å². The quantitative estimate of drug-likeness (QED) is 0.918. The summed E-state index contributed by atoms with van der Waals surface area (Å²) < 4.78 is 8.30. The van der Waals surface area contributed by atoms with Crippen LogP contribution in [-0.2, 0) is 24.2 Å². The van der Waals surface area contributed by atoms with Crippen molar-refractivity contribution in [1.82, 2.24) is 14.9 Å². The van der Waals surface area contributed by atoms with Crippen LogP contribution < -0.4 is 5.32 Å². The first-order chi connectivity index (χ1) is 10.3. The van der Waals surface area contributed by atoms with Crippen molar-refractivity contribution in [3.8, 4) is 0 Å². The van der Waals surface area contributed by atoms with Crippen LogP contribution in [0.2, 0.25) is 0 Å². The van der Waals surface area contributed by atoms with Crippen LogP contribution >= 0.6 is 0 Å². The number of hydrogen-bond acceptors (Lipinski definition) is 3. The summed E-state index contributed by atoms with van der Waals surface area (Å²) in [5, 5.41) is 3.37. The smallest absolute Gasteiger partial charge is 0.105 e. The Morgan fingerprint density at radius 1 is 1.38 bits per heavy atom. The van der Waals surface area contributed by atoms with Crippen LogP contribution in [0.1, 0.15) is 35.7 Å². The molecule has 1 aliphatic rings. The maximum absolute atomic E-state index is 6.02. The van der Waals surface area contributed by atoms with Crippen LogP contribution in [0.3, 0.4) is 0 Å². The molecule has 1 aliphatic heterocycles. The number of imidazole rings is 1. The highest BCUT2D eigenvalue weighted by Crippen LogP contribution is 2.29. The van der Waals surface area contributed by atoms with Gasteiger partial charge in [-0.05, 0) is 31.0 Å². The highest BCUT2D eigenvalue weighted by Gasteiger charge is 2.22. The maximum Gasteiger partial charge on any atom is 0.105 e.